The summed E-state index contributed by atoms with van der Waals surface area (Å²) in [4.78, 5) is 15.1. The predicted octanol–water partition coefficient (Wildman–Crippen LogP) is 3.80. The fourth-order valence-corrected chi connectivity index (χ4v) is 2.68. The molecule has 2 heterocycles. The molecular weight excluding hydrogens is 267 g/mol. The van der Waals surface area contributed by atoms with Crippen molar-refractivity contribution < 1.29 is 9.18 Å². The highest BCUT2D eigenvalue weighted by atomic mass is 19.1. The topological polar surface area (TPSA) is 44.9 Å². The highest BCUT2D eigenvalue weighted by molar-refractivity contribution is 6.35. The van der Waals surface area contributed by atoms with E-state index in [2.05, 4.69) is 10.3 Å². The van der Waals surface area contributed by atoms with E-state index in [0.717, 1.165) is 22.2 Å². The van der Waals surface area contributed by atoms with E-state index in [-0.39, 0.29) is 11.7 Å². The molecule has 0 saturated heterocycles. The van der Waals surface area contributed by atoms with Gasteiger partial charge in [0, 0.05) is 39.5 Å². The quantitative estimate of drug-likeness (QED) is 0.653. The fraction of sp³-hybridized carbons (Fsp3) is 0. The van der Waals surface area contributed by atoms with Crippen molar-refractivity contribution in [3.05, 3.63) is 65.6 Å². The third-order valence-corrected chi connectivity index (χ3v) is 3.69. The lowest BCUT2D eigenvalue weighted by Gasteiger charge is -1.97. The number of carbonyl (C=O) groups excluding carboxylic acids is 1. The number of hydrogen-bond donors (Lipinski definition) is 2. The first kappa shape index (κ1) is 11.9. The average molecular weight is 278 g/mol. The van der Waals surface area contributed by atoms with Crippen molar-refractivity contribution in [2.75, 3.05) is 5.32 Å². The number of aromatic nitrogens is 1. The molecule has 1 aliphatic heterocycles. The molecule has 2 N–H and O–H groups in total. The average Bonchev–Trinajstić information content (AvgIpc) is 3.01. The lowest BCUT2D eigenvalue weighted by Crippen LogP contribution is -2.03. The van der Waals surface area contributed by atoms with E-state index in [1.54, 1.807) is 12.3 Å². The molecule has 0 aliphatic carbocycles. The Hall–Kier alpha value is -2.88. The molecule has 0 atom stereocenters. The van der Waals surface area contributed by atoms with E-state index in [9.17, 15) is 9.18 Å². The monoisotopic (exact) mass is 278 g/mol. The summed E-state index contributed by atoms with van der Waals surface area (Å²) in [6.45, 7) is 0. The van der Waals surface area contributed by atoms with Crippen molar-refractivity contribution in [1.29, 1.82) is 0 Å². The molecule has 3 aromatic rings. The highest BCUT2D eigenvalue weighted by Crippen LogP contribution is 2.33. The number of fused-ring (bicyclic) bond motifs is 2. The summed E-state index contributed by atoms with van der Waals surface area (Å²) in [6.07, 6.45) is 3.61. The summed E-state index contributed by atoms with van der Waals surface area (Å²) in [5.74, 6) is -0.403. The Morgan fingerprint density at radius 2 is 1.95 bits per heavy atom. The van der Waals surface area contributed by atoms with E-state index in [1.807, 2.05) is 30.3 Å². The molecule has 4 rings (SSSR count). The third kappa shape index (κ3) is 1.84. The van der Waals surface area contributed by atoms with Crippen molar-refractivity contribution >= 4 is 34.1 Å². The van der Waals surface area contributed by atoms with E-state index < -0.39 is 0 Å². The van der Waals surface area contributed by atoms with Gasteiger partial charge < -0.3 is 10.3 Å². The third-order valence-electron chi connectivity index (χ3n) is 3.69. The zero-order chi connectivity index (χ0) is 14.4. The van der Waals surface area contributed by atoms with Gasteiger partial charge in [-0.2, -0.15) is 0 Å². The van der Waals surface area contributed by atoms with Crippen LogP contribution in [-0.4, -0.2) is 10.9 Å². The first-order chi connectivity index (χ1) is 10.2. The van der Waals surface area contributed by atoms with Crippen molar-refractivity contribution in [3.63, 3.8) is 0 Å². The number of halogens is 1. The molecule has 1 amide bonds. The van der Waals surface area contributed by atoms with Gasteiger partial charge in [-0.15, -0.1) is 0 Å². The number of para-hydroxylation sites is 1. The maximum absolute atomic E-state index is 13.2. The lowest BCUT2D eigenvalue weighted by molar-refractivity contribution is -0.110. The number of anilines is 1. The Kier molecular flexibility index (Phi) is 2.44. The molecule has 1 aliphatic rings. The maximum atomic E-state index is 13.2. The number of rotatable bonds is 1. The number of benzene rings is 2. The molecule has 102 valence electrons. The molecule has 4 heteroatoms. The Bertz CT molecular complexity index is 908. The summed E-state index contributed by atoms with van der Waals surface area (Å²) >= 11 is 0. The van der Waals surface area contributed by atoms with E-state index >= 15 is 0 Å². The first-order valence-corrected chi connectivity index (χ1v) is 6.61. The number of aromatic amines is 1. The van der Waals surface area contributed by atoms with Crippen LogP contribution >= 0.6 is 0 Å². The minimum absolute atomic E-state index is 0.118. The van der Waals surface area contributed by atoms with Crippen LogP contribution in [0.2, 0.25) is 0 Å². The van der Waals surface area contributed by atoms with E-state index in [0.29, 0.717) is 11.1 Å². The Morgan fingerprint density at radius 3 is 2.86 bits per heavy atom. The van der Waals surface area contributed by atoms with Crippen LogP contribution in [-0.2, 0) is 4.79 Å². The molecular formula is C17H11FN2O. The molecule has 0 bridgehead atoms. The molecule has 0 radical (unpaired) electrons. The van der Waals surface area contributed by atoms with Crippen molar-refractivity contribution in [1.82, 2.24) is 4.98 Å². The van der Waals surface area contributed by atoms with Crippen LogP contribution in [0.1, 0.15) is 11.1 Å². The number of carbonyl (C=O) groups is 1. The van der Waals surface area contributed by atoms with Gasteiger partial charge in [-0.25, -0.2) is 4.39 Å². The van der Waals surface area contributed by atoms with Crippen molar-refractivity contribution in [2.24, 2.45) is 0 Å². The van der Waals surface area contributed by atoms with Crippen molar-refractivity contribution in [2.45, 2.75) is 0 Å². The molecule has 0 unspecified atom stereocenters. The molecule has 0 saturated carbocycles. The maximum Gasteiger partial charge on any atom is 0.256 e. The van der Waals surface area contributed by atoms with Crippen LogP contribution in [0, 0.1) is 5.82 Å². The molecule has 3 nitrogen and oxygen atoms in total. The summed E-state index contributed by atoms with van der Waals surface area (Å²) in [5, 5.41) is 3.73. The summed E-state index contributed by atoms with van der Waals surface area (Å²) in [5.41, 5.74) is 3.91. The summed E-state index contributed by atoms with van der Waals surface area (Å²) in [6, 6.07) is 12.1. The van der Waals surface area contributed by atoms with Gasteiger partial charge in [-0.05, 0) is 30.3 Å². The van der Waals surface area contributed by atoms with Crippen LogP contribution in [0.5, 0.6) is 0 Å². The Morgan fingerprint density at radius 1 is 1.10 bits per heavy atom. The van der Waals surface area contributed by atoms with Gasteiger partial charge in [-0.1, -0.05) is 18.2 Å². The van der Waals surface area contributed by atoms with Crippen LogP contribution in [0.4, 0.5) is 10.1 Å². The predicted molar refractivity (Wildman–Crippen MR) is 81.2 cm³/mol. The zero-order valence-corrected chi connectivity index (χ0v) is 11.0. The highest BCUT2D eigenvalue weighted by Gasteiger charge is 2.23. The number of hydrogen-bond acceptors (Lipinski definition) is 1. The fourth-order valence-electron chi connectivity index (χ4n) is 2.68. The largest absolute Gasteiger partial charge is 0.360 e. The van der Waals surface area contributed by atoms with Crippen LogP contribution in [0.15, 0.2) is 48.7 Å². The number of H-pyrrole nitrogens is 1. The van der Waals surface area contributed by atoms with E-state index in [1.165, 1.54) is 12.1 Å². The van der Waals surface area contributed by atoms with Crippen LogP contribution in [0.25, 0.3) is 22.6 Å². The summed E-state index contributed by atoms with van der Waals surface area (Å²) < 4.78 is 13.2. The minimum Gasteiger partial charge on any atom is -0.360 e. The minimum atomic E-state index is -0.285. The van der Waals surface area contributed by atoms with Gasteiger partial charge in [0.1, 0.15) is 5.82 Å². The van der Waals surface area contributed by atoms with Gasteiger partial charge >= 0.3 is 0 Å². The smallest absolute Gasteiger partial charge is 0.256 e. The van der Waals surface area contributed by atoms with Gasteiger partial charge in [-0.3, -0.25) is 4.79 Å². The Labute approximate surface area is 120 Å². The first-order valence-electron chi connectivity index (χ1n) is 6.61. The van der Waals surface area contributed by atoms with Gasteiger partial charge in [0.2, 0.25) is 0 Å². The molecule has 0 spiro atoms. The van der Waals surface area contributed by atoms with Crippen molar-refractivity contribution in [3.8, 4) is 0 Å². The molecule has 2 aromatic carbocycles. The molecule has 21 heavy (non-hydrogen) atoms. The SMILES string of the molecule is O=C1Nc2ccccc2/C1=C\c1c[nH]c2cc(F)ccc12. The normalized spacial score (nSPS) is 15.5. The number of nitrogens with one attached hydrogen (secondary N) is 2. The second-order valence-electron chi connectivity index (χ2n) is 4.99. The van der Waals surface area contributed by atoms with Crippen LogP contribution < -0.4 is 5.32 Å². The standard InChI is InChI=1S/C17H11FN2O/c18-11-5-6-12-10(9-19-16(12)8-11)7-14-13-3-1-2-4-15(13)20-17(14)21/h1-9,19H,(H,20,21)/b14-7+. The van der Waals surface area contributed by atoms with Crippen LogP contribution in [0.3, 0.4) is 0 Å². The van der Waals surface area contributed by atoms with Gasteiger partial charge in [0.25, 0.3) is 5.91 Å². The lowest BCUT2D eigenvalue weighted by atomic mass is 10.0. The van der Waals surface area contributed by atoms with Gasteiger partial charge in [0.05, 0.1) is 0 Å². The Balaban J connectivity index is 1.89. The summed E-state index contributed by atoms with van der Waals surface area (Å²) in [7, 11) is 0. The second-order valence-corrected chi connectivity index (χ2v) is 4.99. The molecule has 1 aromatic heterocycles. The molecule has 0 fully saturated rings. The van der Waals surface area contributed by atoms with E-state index in [4.69, 9.17) is 0 Å². The number of amides is 1. The van der Waals surface area contributed by atoms with Gasteiger partial charge in [0.15, 0.2) is 0 Å². The second kappa shape index (κ2) is 4.31. The zero-order valence-electron chi connectivity index (χ0n) is 11.0.